The molecule has 0 aliphatic heterocycles. The molecule has 2 aromatic rings. The lowest BCUT2D eigenvalue weighted by Gasteiger charge is -2.21. The second kappa shape index (κ2) is 7.58. The quantitative estimate of drug-likeness (QED) is 0.801. The Morgan fingerprint density at radius 2 is 1.46 bits per heavy atom. The van der Waals surface area contributed by atoms with Crippen LogP contribution in [0, 0.1) is 5.92 Å². The fourth-order valence-corrected chi connectivity index (χ4v) is 3.50. The van der Waals surface area contributed by atoms with Crippen molar-refractivity contribution in [2.75, 3.05) is 19.5 Å². The van der Waals surface area contributed by atoms with E-state index in [0.29, 0.717) is 18.0 Å². The Hall–Kier alpha value is -2.20. The molecule has 0 saturated heterocycles. The van der Waals surface area contributed by atoms with E-state index in [-0.39, 0.29) is 0 Å². The van der Waals surface area contributed by atoms with Gasteiger partial charge in [-0.15, -0.1) is 0 Å². The summed E-state index contributed by atoms with van der Waals surface area (Å²) in [7, 11) is 3.40. The summed E-state index contributed by atoms with van der Waals surface area (Å²) in [4.78, 5) is 0. The van der Waals surface area contributed by atoms with Crippen molar-refractivity contribution in [2.45, 2.75) is 31.8 Å². The molecule has 0 bridgehead atoms. The summed E-state index contributed by atoms with van der Waals surface area (Å²) in [6.45, 7) is 2.35. The van der Waals surface area contributed by atoms with Gasteiger partial charge in [-0.25, -0.2) is 0 Å². The van der Waals surface area contributed by atoms with Gasteiger partial charge >= 0.3 is 0 Å². The fourth-order valence-electron chi connectivity index (χ4n) is 3.50. The lowest BCUT2D eigenvalue weighted by molar-refractivity contribution is -0.616. The number of hydrogen-bond donors (Lipinski definition) is 2. The lowest BCUT2D eigenvalue weighted by atomic mass is 10.0. The number of anilines is 1. The van der Waals surface area contributed by atoms with Gasteiger partial charge in [0.25, 0.3) is 0 Å². The first-order chi connectivity index (χ1) is 11.7. The monoisotopic (exact) mass is 327 g/mol. The summed E-state index contributed by atoms with van der Waals surface area (Å²) in [5.74, 6) is 2.41. The second-order valence-corrected chi connectivity index (χ2v) is 6.52. The third-order valence-electron chi connectivity index (χ3n) is 5.09. The zero-order valence-corrected chi connectivity index (χ0v) is 14.7. The third-order valence-corrected chi connectivity index (χ3v) is 5.09. The lowest BCUT2D eigenvalue weighted by Crippen LogP contribution is -2.85. The number of benzene rings is 2. The maximum Gasteiger partial charge on any atom is 0.130 e. The van der Waals surface area contributed by atoms with E-state index in [2.05, 4.69) is 41.8 Å². The average molecular weight is 327 g/mol. The third kappa shape index (κ3) is 3.82. The molecule has 24 heavy (non-hydrogen) atoms. The summed E-state index contributed by atoms with van der Waals surface area (Å²) >= 11 is 0. The van der Waals surface area contributed by atoms with Gasteiger partial charge in [0.2, 0.25) is 0 Å². The van der Waals surface area contributed by atoms with Crippen molar-refractivity contribution in [3.05, 3.63) is 48.5 Å². The molecule has 0 aromatic heterocycles. The van der Waals surface area contributed by atoms with Crippen LogP contribution in [0.25, 0.3) is 0 Å². The van der Waals surface area contributed by atoms with Crippen molar-refractivity contribution >= 4 is 11.4 Å². The van der Waals surface area contributed by atoms with Crippen LogP contribution in [0.15, 0.2) is 48.5 Å². The highest BCUT2D eigenvalue weighted by atomic mass is 16.5. The molecular weight excluding hydrogens is 300 g/mol. The van der Waals surface area contributed by atoms with Gasteiger partial charge in [0.05, 0.1) is 20.3 Å². The van der Waals surface area contributed by atoms with Gasteiger partial charge in [-0.05, 0) is 42.8 Å². The van der Waals surface area contributed by atoms with Crippen molar-refractivity contribution < 1.29 is 14.8 Å². The van der Waals surface area contributed by atoms with E-state index in [1.54, 1.807) is 14.2 Å². The molecular formula is C20H27N2O2+. The molecule has 128 valence electrons. The number of nitrogens with one attached hydrogen (secondary N) is 1. The Bertz CT molecular complexity index is 582. The van der Waals surface area contributed by atoms with E-state index in [1.807, 2.05) is 24.3 Å². The minimum atomic E-state index is 0.512. The van der Waals surface area contributed by atoms with Crippen molar-refractivity contribution in [3.8, 4) is 11.5 Å². The van der Waals surface area contributed by atoms with Gasteiger partial charge in [-0.2, -0.15) is 0 Å². The van der Waals surface area contributed by atoms with E-state index in [1.165, 1.54) is 18.5 Å². The molecule has 1 aliphatic carbocycles. The summed E-state index contributed by atoms with van der Waals surface area (Å²) in [5.41, 5.74) is 2.44. The molecule has 1 aliphatic rings. The average Bonchev–Trinajstić information content (AvgIpc) is 2.96. The zero-order chi connectivity index (χ0) is 16.9. The largest absolute Gasteiger partial charge is 0.497 e. The van der Waals surface area contributed by atoms with Gasteiger partial charge in [0.15, 0.2) is 0 Å². The summed E-state index contributed by atoms with van der Waals surface area (Å²) in [6.07, 6.45) is 2.42. The molecule has 0 radical (unpaired) electrons. The first-order valence-electron chi connectivity index (χ1n) is 8.59. The standard InChI is InChI=1S/C20H26N2O2/c1-14-19(21-15-4-8-17(23-2)9-5-15)12-13-20(14)22-16-6-10-18(24-3)11-7-16/h4-11,14,19-22H,12-13H2,1-3H3/p+1. The molecule has 3 N–H and O–H groups in total. The number of methoxy groups -OCH3 is 2. The predicted molar refractivity (Wildman–Crippen MR) is 97.2 cm³/mol. The van der Waals surface area contributed by atoms with Crippen LogP contribution in [0.5, 0.6) is 11.5 Å². The number of nitrogens with two attached hydrogens (primary N) is 1. The summed E-state index contributed by atoms with van der Waals surface area (Å²) in [5, 5.41) is 6.08. The van der Waals surface area contributed by atoms with Crippen LogP contribution in [-0.4, -0.2) is 26.3 Å². The normalized spacial score (nSPS) is 23.0. The first kappa shape index (κ1) is 16.7. The Kier molecular flexibility index (Phi) is 5.26. The van der Waals surface area contributed by atoms with Crippen molar-refractivity contribution in [2.24, 2.45) is 5.92 Å². The van der Waals surface area contributed by atoms with Crippen LogP contribution < -0.4 is 20.1 Å². The van der Waals surface area contributed by atoms with Crippen LogP contribution in [-0.2, 0) is 0 Å². The highest BCUT2D eigenvalue weighted by Crippen LogP contribution is 2.28. The minimum absolute atomic E-state index is 0.512. The molecule has 4 nitrogen and oxygen atoms in total. The number of ether oxygens (including phenoxy) is 2. The van der Waals surface area contributed by atoms with Crippen molar-refractivity contribution in [3.63, 3.8) is 0 Å². The first-order valence-corrected chi connectivity index (χ1v) is 8.59. The van der Waals surface area contributed by atoms with E-state index >= 15 is 0 Å². The summed E-state index contributed by atoms with van der Waals surface area (Å²) in [6, 6.07) is 17.6. The molecule has 4 heteroatoms. The smallest absolute Gasteiger partial charge is 0.130 e. The molecule has 2 aromatic carbocycles. The second-order valence-electron chi connectivity index (χ2n) is 6.52. The van der Waals surface area contributed by atoms with Crippen molar-refractivity contribution in [1.29, 1.82) is 0 Å². The summed E-state index contributed by atoms with van der Waals surface area (Å²) < 4.78 is 10.4. The number of quaternary nitrogens is 1. The van der Waals surface area contributed by atoms with Crippen LogP contribution in [0.2, 0.25) is 0 Å². The van der Waals surface area contributed by atoms with E-state index in [9.17, 15) is 0 Å². The SMILES string of the molecule is COc1ccc(NC2CCC([NH2+]c3ccc(OC)cc3)C2C)cc1. The zero-order valence-electron chi connectivity index (χ0n) is 14.7. The Morgan fingerprint density at radius 1 is 0.875 bits per heavy atom. The van der Waals surface area contributed by atoms with Gasteiger partial charge in [0.1, 0.15) is 17.2 Å². The molecule has 3 atom stereocenters. The van der Waals surface area contributed by atoms with Crippen LogP contribution >= 0.6 is 0 Å². The topological polar surface area (TPSA) is 47.1 Å². The predicted octanol–water partition coefficient (Wildman–Crippen LogP) is 3.18. The Balaban J connectivity index is 1.58. The van der Waals surface area contributed by atoms with Crippen molar-refractivity contribution in [1.82, 2.24) is 0 Å². The molecule has 3 rings (SSSR count). The molecule has 1 saturated carbocycles. The van der Waals surface area contributed by atoms with Gasteiger partial charge in [-0.3, -0.25) is 0 Å². The fraction of sp³-hybridized carbons (Fsp3) is 0.400. The van der Waals surface area contributed by atoms with E-state index in [0.717, 1.165) is 17.2 Å². The highest BCUT2D eigenvalue weighted by Gasteiger charge is 2.35. The molecule has 3 unspecified atom stereocenters. The number of hydrogen-bond acceptors (Lipinski definition) is 3. The number of rotatable bonds is 6. The minimum Gasteiger partial charge on any atom is -0.497 e. The van der Waals surface area contributed by atoms with Crippen LogP contribution in [0.1, 0.15) is 19.8 Å². The molecule has 0 amide bonds. The molecule has 1 fully saturated rings. The maximum absolute atomic E-state index is 5.23. The highest BCUT2D eigenvalue weighted by molar-refractivity contribution is 5.47. The Labute approximate surface area is 144 Å². The molecule has 0 heterocycles. The van der Waals surface area contributed by atoms with Gasteiger partial charge in [0, 0.05) is 36.2 Å². The van der Waals surface area contributed by atoms with E-state index < -0.39 is 0 Å². The van der Waals surface area contributed by atoms with Crippen LogP contribution in [0.4, 0.5) is 11.4 Å². The van der Waals surface area contributed by atoms with E-state index in [4.69, 9.17) is 9.47 Å². The Morgan fingerprint density at radius 3 is 2.04 bits per heavy atom. The maximum atomic E-state index is 5.23. The van der Waals surface area contributed by atoms with Gasteiger partial charge < -0.3 is 20.1 Å². The van der Waals surface area contributed by atoms with Gasteiger partial charge in [-0.1, -0.05) is 6.92 Å². The van der Waals surface area contributed by atoms with Crippen LogP contribution in [0.3, 0.4) is 0 Å². The molecule has 0 spiro atoms.